The van der Waals surface area contributed by atoms with Gasteiger partial charge in [-0.3, -0.25) is 0 Å². The Morgan fingerprint density at radius 3 is 2.86 bits per heavy atom. The summed E-state index contributed by atoms with van der Waals surface area (Å²) in [6, 6.07) is 11.3. The third-order valence-electron chi connectivity index (χ3n) is 3.27. The molecule has 3 heterocycles. The van der Waals surface area contributed by atoms with Crippen molar-refractivity contribution in [2.24, 2.45) is 0 Å². The second-order valence-corrected chi connectivity index (χ2v) is 4.63. The summed E-state index contributed by atoms with van der Waals surface area (Å²) in [5.41, 5.74) is 8.23. The van der Waals surface area contributed by atoms with E-state index >= 15 is 0 Å². The van der Waals surface area contributed by atoms with E-state index in [1.54, 1.807) is 17.1 Å². The van der Waals surface area contributed by atoms with Crippen molar-refractivity contribution in [2.45, 2.75) is 0 Å². The molecule has 6 heteroatoms. The lowest BCUT2D eigenvalue weighted by molar-refractivity contribution is 0.174. The quantitative estimate of drug-likeness (QED) is 0.779. The Balaban J connectivity index is 1.78. The molecular weight excluding hydrogens is 268 g/mol. The second kappa shape index (κ2) is 4.52. The van der Waals surface area contributed by atoms with E-state index in [4.69, 9.17) is 15.2 Å². The fraction of sp³-hybridized carbons (Fsp3) is 0.0667. The van der Waals surface area contributed by atoms with Gasteiger partial charge in [0.1, 0.15) is 5.69 Å². The number of nitrogens with two attached hydrogens (primary N) is 1. The number of ether oxygens (including phenoxy) is 2. The van der Waals surface area contributed by atoms with E-state index in [9.17, 15) is 0 Å². The Bertz CT molecular complexity index is 799. The van der Waals surface area contributed by atoms with E-state index in [-0.39, 0.29) is 6.79 Å². The maximum atomic E-state index is 6.07. The normalized spacial score (nSPS) is 12.6. The molecule has 0 fully saturated rings. The van der Waals surface area contributed by atoms with E-state index in [0.29, 0.717) is 17.1 Å². The molecule has 2 N–H and O–H groups in total. The molecule has 0 saturated heterocycles. The lowest BCUT2D eigenvalue weighted by Crippen LogP contribution is -1.97. The minimum atomic E-state index is 0.247. The Kier molecular flexibility index (Phi) is 2.53. The highest BCUT2D eigenvalue weighted by molar-refractivity contribution is 5.74. The van der Waals surface area contributed by atoms with Crippen molar-refractivity contribution in [1.82, 2.24) is 14.8 Å². The van der Waals surface area contributed by atoms with Gasteiger partial charge in [0.2, 0.25) is 6.79 Å². The monoisotopic (exact) mass is 280 g/mol. The molecule has 0 spiro atoms. The van der Waals surface area contributed by atoms with Crippen LogP contribution in [-0.2, 0) is 0 Å². The highest BCUT2D eigenvalue weighted by atomic mass is 16.7. The van der Waals surface area contributed by atoms with Crippen molar-refractivity contribution in [2.75, 3.05) is 12.5 Å². The maximum absolute atomic E-state index is 6.07. The summed E-state index contributed by atoms with van der Waals surface area (Å²) in [6.45, 7) is 0.247. The molecule has 6 nitrogen and oxygen atoms in total. The van der Waals surface area contributed by atoms with Gasteiger partial charge in [0.15, 0.2) is 17.3 Å². The van der Waals surface area contributed by atoms with Gasteiger partial charge in [-0.15, -0.1) is 0 Å². The summed E-state index contributed by atoms with van der Waals surface area (Å²) in [4.78, 5) is 4.26. The number of benzene rings is 1. The van der Waals surface area contributed by atoms with Gasteiger partial charge >= 0.3 is 0 Å². The van der Waals surface area contributed by atoms with E-state index < -0.39 is 0 Å². The number of hydrogen-bond donors (Lipinski definition) is 1. The van der Waals surface area contributed by atoms with E-state index in [1.807, 2.05) is 36.4 Å². The molecule has 1 aliphatic heterocycles. The fourth-order valence-corrected chi connectivity index (χ4v) is 2.26. The van der Waals surface area contributed by atoms with Crippen LogP contribution in [0.3, 0.4) is 0 Å². The highest BCUT2D eigenvalue weighted by Crippen LogP contribution is 2.36. The maximum Gasteiger partial charge on any atom is 0.231 e. The number of fused-ring (bicyclic) bond motifs is 1. The third kappa shape index (κ3) is 1.97. The molecule has 0 saturated carbocycles. The van der Waals surface area contributed by atoms with Gasteiger partial charge in [0.25, 0.3) is 0 Å². The van der Waals surface area contributed by atoms with Crippen LogP contribution < -0.4 is 15.2 Å². The number of anilines is 1. The van der Waals surface area contributed by atoms with Crippen LogP contribution in [0, 0.1) is 0 Å². The van der Waals surface area contributed by atoms with Crippen LogP contribution in [0.1, 0.15) is 0 Å². The van der Waals surface area contributed by atoms with Gasteiger partial charge in [-0.25, -0.2) is 9.67 Å². The second-order valence-electron chi connectivity index (χ2n) is 4.63. The van der Waals surface area contributed by atoms with Crippen molar-refractivity contribution in [1.29, 1.82) is 0 Å². The average Bonchev–Trinajstić information content (AvgIpc) is 3.13. The molecule has 0 atom stereocenters. The van der Waals surface area contributed by atoms with Crippen LogP contribution in [0.2, 0.25) is 0 Å². The van der Waals surface area contributed by atoms with Crippen LogP contribution in [0.5, 0.6) is 11.5 Å². The van der Waals surface area contributed by atoms with Gasteiger partial charge in [-0.2, -0.15) is 5.10 Å². The predicted octanol–water partition coefficient (Wildman–Crippen LogP) is 2.25. The first kappa shape index (κ1) is 11.8. The number of pyridine rings is 1. The standard InChI is InChI=1S/C15H12N4O2/c16-11-8-19(14-3-1-2-6-17-14)18-15(11)10-4-5-12-13(7-10)21-9-20-12/h1-8H,9,16H2. The zero-order chi connectivity index (χ0) is 14.2. The molecule has 1 aliphatic rings. The number of hydrogen-bond acceptors (Lipinski definition) is 5. The molecule has 0 unspecified atom stereocenters. The summed E-state index contributed by atoms with van der Waals surface area (Å²) in [6.07, 6.45) is 3.47. The number of nitrogen functional groups attached to an aromatic ring is 1. The van der Waals surface area contributed by atoms with Crippen molar-refractivity contribution in [3.05, 3.63) is 48.8 Å². The van der Waals surface area contributed by atoms with Crippen LogP contribution in [0.15, 0.2) is 48.8 Å². The topological polar surface area (TPSA) is 75.2 Å². The summed E-state index contributed by atoms with van der Waals surface area (Å²) in [5.74, 6) is 2.16. The molecule has 4 rings (SSSR count). The van der Waals surface area contributed by atoms with Gasteiger partial charge < -0.3 is 15.2 Å². The third-order valence-corrected chi connectivity index (χ3v) is 3.27. The molecule has 3 aromatic rings. The van der Waals surface area contributed by atoms with Gasteiger partial charge in [-0.1, -0.05) is 6.07 Å². The lowest BCUT2D eigenvalue weighted by Gasteiger charge is -2.01. The average molecular weight is 280 g/mol. The molecule has 0 bridgehead atoms. The minimum absolute atomic E-state index is 0.247. The van der Waals surface area contributed by atoms with Crippen LogP contribution in [0.25, 0.3) is 17.1 Å². The smallest absolute Gasteiger partial charge is 0.231 e. The Morgan fingerprint density at radius 2 is 2.00 bits per heavy atom. The molecule has 0 radical (unpaired) electrons. The Morgan fingerprint density at radius 1 is 1.10 bits per heavy atom. The molecular formula is C15H12N4O2. The predicted molar refractivity (Wildman–Crippen MR) is 77.3 cm³/mol. The van der Waals surface area contributed by atoms with Crippen molar-refractivity contribution < 1.29 is 9.47 Å². The first-order valence-electron chi connectivity index (χ1n) is 6.48. The van der Waals surface area contributed by atoms with Crippen LogP contribution >= 0.6 is 0 Å². The molecule has 2 aromatic heterocycles. The fourth-order valence-electron chi connectivity index (χ4n) is 2.26. The van der Waals surface area contributed by atoms with E-state index in [1.165, 1.54) is 0 Å². The lowest BCUT2D eigenvalue weighted by atomic mass is 10.1. The van der Waals surface area contributed by atoms with Crippen LogP contribution in [-0.4, -0.2) is 21.6 Å². The molecule has 0 aliphatic carbocycles. The SMILES string of the molecule is Nc1cn(-c2ccccn2)nc1-c1ccc2c(c1)OCO2. The van der Waals surface area contributed by atoms with Gasteiger partial charge in [0.05, 0.1) is 11.9 Å². The van der Waals surface area contributed by atoms with E-state index in [0.717, 1.165) is 17.1 Å². The summed E-state index contributed by atoms with van der Waals surface area (Å²) in [7, 11) is 0. The first-order valence-corrected chi connectivity index (χ1v) is 6.48. The summed E-state index contributed by atoms with van der Waals surface area (Å²) in [5, 5.41) is 4.51. The zero-order valence-corrected chi connectivity index (χ0v) is 11.1. The number of nitrogens with zero attached hydrogens (tertiary/aromatic N) is 3. The van der Waals surface area contributed by atoms with Crippen molar-refractivity contribution in [3.8, 4) is 28.6 Å². The van der Waals surface area contributed by atoms with Gasteiger partial charge in [0, 0.05) is 11.8 Å². The first-order chi connectivity index (χ1) is 10.3. The minimum Gasteiger partial charge on any atom is -0.454 e. The Hall–Kier alpha value is -3.02. The van der Waals surface area contributed by atoms with Crippen molar-refractivity contribution >= 4 is 5.69 Å². The number of aromatic nitrogens is 3. The number of rotatable bonds is 2. The molecule has 21 heavy (non-hydrogen) atoms. The summed E-state index contributed by atoms with van der Waals surface area (Å²) < 4.78 is 12.3. The zero-order valence-electron chi connectivity index (χ0n) is 11.1. The van der Waals surface area contributed by atoms with Gasteiger partial charge in [-0.05, 0) is 30.3 Å². The largest absolute Gasteiger partial charge is 0.454 e. The molecule has 0 amide bonds. The van der Waals surface area contributed by atoms with Crippen molar-refractivity contribution in [3.63, 3.8) is 0 Å². The highest BCUT2D eigenvalue weighted by Gasteiger charge is 2.17. The van der Waals surface area contributed by atoms with E-state index in [2.05, 4.69) is 10.1 Å². The Labute approximate surface area is 120 Å². The molecule has 1 aromatic carbocycles. The van der Waals surface area contributed by atoms with Crippen LogP contribution in [0.4, 0.5) is 5.69 Å². The molecule has 104 valence electrons. The summed E-state index contributed by atoms with van der Waals surface area (Å²) >= 11 is 0.